The van der Waals surface area contributed by atoms with Gasteiger partial charge in [-0.3, -0.25) is 4.79 Å². The normalized spacial score (nSPS) is 11.8. The maximum atomic E-state index is 13.5. The van der Waals surface area contributed by atoms with Crippen LogP contribution in [0.15, 0.2) is 82.8 Å². The number of hydrogen-bond acceptors (Lipinski definition) is 6. The van der Waals surface area contributed by atoms with Gasteiger partial charge in [-0.05, 0) is 50.2 Å². The van der Waals surface area contributed by atoms with Crippen molar-refractivity contribution >= 4 is 26.9 Å². The first-order valence-corrected chi connectivity index (χ1v) is 12.6. The summed E-state index contributed by atoms with van der Waals surface area (Å²) in [6, 6.07) is 12.9. The topological polar surface area (TPSA) is 96.6 Å². The molecule has 2 heterocycles. The number of esters is 1. The Bertz CT molecular complexity index is 1640. The molecular formula is C27H26N2O6S. The molecule has 0 aliphatic rings. The van der Waals surface area contributed by atoms with Gasteiger partial charge >= 0.3 is 5.97 Å². The van der Waals surface area contributed by atoms with Gasteiger partial charge in [0.05, 0.1) is 24.7 Å². The Labute approximate surface area is 209 Å². The second-order valence-electron chi connectivity index (χ2n) is 8.17. The molecule has 0 aliphatic carbocycles. The van der Waals surface area contributed by atoms with Crippen LogP contribution >= 0.6 is 0 Å². The molecule has 9 heteroatoms. The molecular weight excluding hydrogens is 480 g/mol. The van der Waals surface area contributed by atoms with Crippen LogP contribution in [0.4, 0.5) is 0 Å². The number of carbonyl (C=O) groups excluding carboxylic acids is 1. The molecule has 0 atom stereocenters. The fraction of sp³-hybridized carbons (Fsp3) is 0.185. The Hall–Kier alpha value is -4.11. The van der Waals surface area contributed by atoms with Crippen LogP contribution in [-0.4, -0.2) is 37.1 Å². The number of nitrogens with zero attached hydrogens (tertiary/aromatic N) is 2. The van der Waals surface area contributed by atoms with E-state index in [2.05, 4.69) is 0 Å². The van der Waals surface area contributed by atoms with Crippen molar-refractivity contribution in [3.8, 4) is 16.9 Å². The van der Waals surface area contributed by atoms with E-state index in [1.807, 2.05) is 19.9 Å². The van der Waals surface area contributed by atoms with Crippen LogP contribution in [-0.2, 0) is 21.3 Å². The van der Waals surface area contributed by atoms with Gasteiger partial charge in [-0.2, -0.15) is 0 Å². The first-order valence-electron chi connectivity index (χ1n) is 11.2. The van der Waals surface area contributed by atoms with Crippen LogP contribution in [0.25, 0.3) is 22.0 Å². The summed E-state index contributed by atoms with van der Waals surface area (Å²) in [5.41, 5.74) is 1.98. The van der Waals surface area contributed by atoms with E-state index in [4.69, 9.17) is 9.47 Å². The highest BCUT2D eigenvalue weighted by Gasteiger charge is 2.24. The molecule has 186 valence electrons. The highest BCUT2D eigenvalue weighted by molar-refractivity contribution is 7.90. The number of ether oxygens (including phenoxy) is 2. The third-order valence-electron chi connectivity index (χ3n) is 5.92. The number of pyridine rings is 1. The Kier molecular flexibility index (Phi) is 6.85. The van der Waals surface area contributed by atoms with Gasteiger partial charge in [0.2, 0.25) is 0 Å². The first kappa shape index (κ1) is 25.0. The predicted molar refractivity (Wildman–Crippen MR) is 138 cm³/mol. The van der Waals surface area contributed by atoms with Gasteiger partial charge in [0.1, 0.15) is 11.3 Å². The molecule has 4 aromatic rings. The smallest absolute Gasteiger partial charge is 0.337 e. The van der Waals surface area contributed by atoms with Crippen molar-refractivity contribution in [2.24, 2.45) is 0 Å². The molecule has 4 rings (SSSR count). The number of benzene rings is 2. The van der Waals surface area contributed by atoms with Gasteiger partial charge in [-0.15, -0.1) is 0 Å². The second-order valence-corrected chi connectivity index (χ2v) is 9.98. The molecule has 0 saturated heterocycles. The number of aryl methyl sites for hydroxylation is 1. The Morgan fingerprint density at radius 1 is 1.03 bits per heavy atom. The molecule has 2 aromatic carbocycles. The average molecular weight is 507 g/mol. The van der Waals surface area contributed by atoms with Gasteiger partial charge in [-0.1, -0.05) is 29.8 Å². The third-order valence-corrected chi connectivity index (χ3v) is 7.61. The number of aromatic nitrogens is 2. The molecule has 0 aliphatic heterocycles. The molecule has 0 amide bonds. The van der Waals surface area contributed by atoms with Crippen LogP contribution in [0.5, 0.6) is 5.75 Å². The highest BCUT2D eigenvalue weighted by atomic mass is 32.2. The Balaban J connectivity index is 2.03. The van der Waals surface area contributed by atoms with Crippen LogP contribution in [0.2, 0.25) is 0 Å². The van der Waals surface area contributed by atoms with Gasteiger partial charge in [0.25, 0.3) is 15.6 Å². The molecule has 2 aromatic heterocycles. The van der Waals surface area contributed by atoms with Gasteiger partial charge in [0.15, 0.2) is 0 Å². The molecule has 0 saturated carbocycles. The lowest BCUT2D eigenvalue weighted by Crippen LogP contribution is -2.24. The number of methoxy groups -OCH3 is 2. The minimum atomic E-state index is -4.04. The van der Waals surface area contributed by atoms with Crippen LogP contribution in [0.1, 0.15) is 22.8 Å². The fourth-order valence-corrected chi connectivity index (χ4v) is 5.36. The minimum Gasteiger partial charge on any atom is -0.496 e. The second kappa shape index (κ2) is 9.87. The lowest BCUT2D eigenvalue weighted by Gasteiger charge is -2.15. The summed E-state index contributed by atoms with van der Waals surface area (Å²) in [4.78, 5) is 25.6. The van der Waals surface area contributed by atoms with E-state index in [9.17, 15) is 18.0 Å². The Morgan fingerprint density at radius 2 is 1.75 bits per heavy atom. The van der Waals surface area contributed by atoms with Crippen molar-refractivity contribution in [2.45, 2.75) is 25.3 Å². The fourth-order valence-electron chi connectivity index (χ4n) is 4.01. The zero-order valence-corrected chi connectivity index (χ0v) is 21.2. The summed E-state index contributed by atoms with van der Waals surface area (Å²) in [7, 11) is -1.28. The van der Waals surface area contributed by atoms with Crippen molar-refractivity contribution in [1.29, 1.82) is 0 Å². The van der Waals surface area contributed by atoms with Gasteiger partial charge in [0, 0.05) is 35.5 Å². The van der Waals surface area contributed by atoms with Crippen LogP contribution in [0.3, 0.4) is 0 Å². The van der Waals surface area contributed by atoms with E-state index in [1.165, 1.54) is 37.1 Å². The molecule has 0 bridgehead atoms. The number of fused-ring (bicyclic) bond motifs is 1. The summed E-state index contributed by atoms with van der Waals surface area (Å²) < 4.78 is 39.9. The summed E-state index contributed by atoms with van der Waals surface area (Å²) in [6.45, 7) is 3.95. The maximum absolute atomic E-state index is 13.5. The summed E-state index contributed by atoms with van der Waals surface area (Å²) >= 11 is 0. The van der Waals surface area contributed by atoms with Crippen molar-refractivity contribution in [3.05, 3.63) is 94.6 Å². The van der Waals surface area contributed by atoms with Crippen LogP contribution < -0.4 is 10.3 Å². The van der Waals surface area contributed by atoms with E-state index in [0.717, 1.165) is 9.54 Å². The predicted octanol–water partition coefficient (Wildman–Crippen LogP) is 4.39. The zero-order chi connectivity index (χ0) is 26.0. The molecule has 0 fully saturated rings. The number of rotatable bonds is 7. The highest BCUT2D eigenvalue weighted by Crippen LogP contribution is 2.36. The maximum Gasteiger partial charge on any atom is 0.337 e. The third kappa shape index (κ3) is 4.33. The summed E-state index contributed by atoms with van der Waals surface area (Å²) in [5, 5.41) is 0.441. The SMILES string of the molecule is C/C=C/Cn1cc(-c2ccc(C(=O)OC)cc2OC)c2ccn(S(=O)(=O)c3ccc(C)cc3)c2c1=O. The average Bonchev–Trinajstić information content (AvgIpc) is 3.34. The molecule has 36 heavy (non-hydrogen) atoms. The van der Waals surface area contributed by atoms with Gasteiger partial charge in [-0.25, -0.2) is 17.2 Å². The molecule has 0 N–H and O–H groups in total. The lowest BCUT2D eigenvalue weighted by atomic mass is 10.0. The number of hydrogen-bond donors (Lipinski definition) is 0. The van der Waals surface area contributed by atoms with E-state index in [1.54, 1.807) is 48.7 Å². The van der Waals surface area contributed by atoms with Crippen molar-refractivity contribution in [1.82, 2.24) is 8.54 Å². The monoisotopic (exact) mass is 506 g/mol. The Morgan fingerprint density at radius 3 is 2.39 bits per heavy atom. The molecule has 8 nitrogen and oxygen atoms in total. The molecule has 0 unspecified atom stereocenters. The number of allylic oxidation sites excluding steroid dienone is 2. The van der Waals surface area contributed by atoms with Crippen LogP contribution in [0, 0.1) is 6.92 Å². The number of carbonyl (C=O) groups is 1. The largest absolute Gasteiger partial charge is 0.496 e. The summed E-state index contributed by atoms with van der Waals surface area (Å²) in [5.74, 6) is -0.136. The minimum absolute atomic E-state index is 0.0247. The van der Waals surface area contributed by atoms with Crippen molar-refractivity contribution in [3.63, 3.8) is 0 Å². The standard InChI is InChI=1S/C27H26N2O6S/c1-5-6-14-28-17-23(21-12-9-19(27(31)35-4)16-24(21)34-3)22-13-15-29(25(22)26(28)30)36(32,33)20-10-7-18(2)8-11-20/h5-13,15-17H,14H2,1-4H3/b6-5+. The van der Waals surface area contributed by atoms with E-state index in [0.29, 0.717) is 27.8 Å². The van der Waals surface area contributed by atoms with Crippen molar-refractivity contribution < 1.29 is 22.7 Å². The zero-order valence-electron chi connectivity index (χ0n) is 20.4. The van der Waals surface area contributed by atoms with Crippen molar-refractivity contribution in [2.75, 3.05) is 14.2 Å². The van der Waals surface area contributed by atoms with E-state index in [-0.39, 0.29) is 17.0 Å². The van der Waals surface area contributed by atoms with E-state index < -0.39 is 21.6 Å². The summed E-state index contributed by atoms with van der Waals surface area (Å²) in [6.07, 6.45) is 6.67. The van der Waals surface area contributed by atoms with E-state index >= 15 is 0 Å². The quantitative estimate of drug-likeness (QED) is 0.273. The van der Waals surface area contributed by atoms with Gasteiger partial charge < -0.3 is 14.0 Å². The molecule has 0 spiro atoms. The first-order chi connectivity index (χ1) is 17.2. The molecule has 0 radical (unpaired) electrons. The lowest BCUT2D eigenvalue weighted by molar-refractivity contribution is 0.0600.